The summed E-state index contributed by atoms with van der Waals surface area (Å²) in [6, 6.07) is 5.77. The van der Waals surface area contributed by atoms with E-state index in [0.29, 0.717) is 19.6 Å². The first-order valence-electron chi connectivity index (χ1n) is 7.65. The highest BCUT2D eigenvalue weighted by Gasteiger charge is 2.21. The van der Waals surface area contributed by atoms with E-state index in [4.69, 9.17) is 9.47 Å². The quantitative estimate of drug-likeness (QED) is 0.838. The maximum atomic E-state index is 12.4. The van der Waals surface area contributed by atoms with Crippen LogP contribution in [0.1, 0.15) is 12.5 Å². The average Bonchev–Trinajstić information content (AvgIpc) is 2.55. The molecule has 5 nitrogen and oxygen atoms in total. The first-order chi connectivity index (χ1) is 10.3. The van der Waals surface area contributed by atoms with Crippen molar-refractivity contribution in [1.29, 1.82) is 0 Å². The summed E-state index contributed by atoms with van der Waals surface area (Å²) in [4.78, 5) is 16.7. The summed E-state index contributed by atoms with van der Waals surface area (Å²) in [5.74, 6) is 1.72. The smallest absolute Gasteiger partial charge is 0.227 e. The highest BCUT2D eigenvalue weighted by molar-refractivity contribution is 5.79. The summed E-state index contributed by atoms with van der Waals surface area (Å²) in [5.41, 5.74) is 0.988. The Morgan fingerprint density at radius 2 is 1.81 bits per heavy atom. The topological polar surface area (TPSA) is 42.0 Å². The fraction of sp³-hybridized carbons (Fsp3) is 0.562. The third kappa shape index (κ3) is 3.29. The zero-order valence-corrected chi connectivity index (χ0v) is 12.5. The number of carbonyl (C=O) groups is 1. The van der Waals surface area contributed by atoms with E-state index in [2.05, 4.69) is 11.8 Å². The van der Waals surface area contributed by atoms with Crippen LogP contribution in [0.5, 0.6) is 11.5 Å². The van der Waals surface area contributed by atoms with Gasteiger partial charge in [-0.1, -0.05) is 13.0 Å². The highest BCUT2D eigenvalue weighted by Crippen LogP contribution is 2.30. The molecular formula is C16H22N2O3. The molecule has 21 heavy (non-hydrogen) atoms. The maximum absolute atomic E-state index is 12.4. The van der Waals surface area contributed by atoms with Gasteiger partial charge in [0.25, 0.3) is 0 Å². The second-order valence-electron chi connectivity index (χ2n) is 5.47. The van der Waals surface area contributed by atoms with Crippen LogP contribution in [-0.2, 0) is 11.2 Å². The monoisotopic (exact) mass is 290 g/mol. The number of piperazine rings is 1. The van der Waals surface area contributed by atoms with E-state index in [0.717, 1.165) is 49.8 Å². The molecule has 0 aromatic heterocycles. The Balaban J connectivity index is 1.60. The average molecular weight is 290 g/mol. The van der Waals surface area contributed by atoms with Gasteiger partial charge in [-0.05, 0) is 24.2 Å². The number of benzene rings is 1. The van der Waals surface area contributed by atoms with E-state index in [-0.39, 0.29) is 5.91 Å². The molecule has 1 amide bonds. The number of fused-ring (bicyclic) bond motifs is 1. The van der Waals surface area contributed by atoms with Gasteiger partial charge >= 0.3 is 0 Å². The molecular weight excluding hydrogens is 268 g/mol. The van der Waals surface area contributed by atoms with Gasteiger partial charge in [0.15, 0.2) is 11.5 Å². The lowest BCUT2D eigenvalue weighted by Gasteiger charge is -2.34. The van der Waals surface area contributed by atoms with E-state index in [1.165, 1.54) is 0 Å². The van der Waals surface area contributed by atoms with E-state index in [1.807, 2.05) is 23.1 Å². The predicted octanol–water partition coefficient (Wildman–Crippen LogP) is 1.16. The van der Waals surface area contributed by atoms with Crippen molar-refractivity contribution >= 4 is 5.91 Å². The highest BCUT2D eigenvalue weighted by atomic mass is 16.6. The first kappa shape index (κ1) is 14.2. The second kappa shape index (κ2) is 6.35. The summed E-state index contributed by atoms with van der Waals surface area (Å²) in [6.07, 6.45) is 0.433. The summed E-state index contributed by atoms with van der Waals surface area (Å²) in [5, 5.41) is 0. The number of ether oxygens (including phenoxy) is 2. The van der Waals surface area contributed by atoms with E-state index in [9.17, 15) is 4.79 Å². The van der Waals surface area contributed by atoms with Gasteiger partial charge in [-0.3, -0.25) is 4.79 Å². The molecule has 0 radical (unpaired) electrons. The van der Waals surface area contributed by atoms with Crippen molar-refractivity contribution in [3.05, 3.63) is 23.8 Å². The van der Waals surface area contributed by atoms with Crippen LogP contribution in [0.25, 0.3) is 0 Å². The lowest BCUT2D eigenvalue weighted by molar-refractivity contribution is -0.132. The van der Waals surface area contributed by atoms with Crippen molar-refractivity contribution in [1.82, 2.24) is 9.80 Å². The lowest BCUT2D eigenvalue weighted by atomic mass is 10.1. The minimum atomic E-state index is 0.197. The van der Waals surface area contributed by atoms with E-state index < -0.39 is 0 Å². The summed E-state index contributed by atoms with van der Waals surface area (Å²) in [7, 11) is 0. The molecule has 0 N–H and O–H groups in total. The third-order valence-corrected chi connectivity index (χ3v) is 4.13. The molecule has 0 bridgehead atoms. The SMILES string of the molecule is CCN1CCN(C(=O)Cc2ccc3c(c2)OCCO3)CC1. The van der Waals surface area contributed by atoms with Gasteiger partial charge in [-0.25, -0.2) is 0 Å². The van der Waals surface area contributed by atoms with Crippen molar-refractivity contribution < 1.29 is 14.3 Å². The Morgan fingerprint density at radius 1 is 1.10 bits per heavy atom. The Kier molecular flexibility index (Phi) is 4.29. The Labute approximate surface area is 125 Å². The van der Waals surface area contributed by atoms with Crippen LogP contribution in [0.15, 0.2) is 18.2 Å². The molecule has 2 heterocycles. The minimum absolute atomic E-state index is 0.197. The van der Waals surface area contributed by atoms with Crippen LogP contribution in [0.4, 0.5) is 0 Å². The number of amides is 1. The molecule has 114 valence electrons. The fourth-order valence-electron chi connectivity index (χ4n) is 2.80. The zero-order chi connectivity index (χ0) is 14.7. The number of nitrogens with zero attached hydrogens (tertiary/aromatic N) is 2. The van der Waals surface area contributed by atoms with Crippen LogP contribution >= 0.6 is 0 Å². The van der Waals surface area contributed by atoms with Crippen LogP contribution in [0.2, 0.25) is 0 Å². The molecule has 0 aliphatic carbocycles. The Bertz CT molecular complexity index is 510. The van der Waals surface area contributed by atoms with Gasteiger partial charge in [-0.2, -0.15) is 0 Å². The minimum Gasteiger partial charge on any atom is -0.486 e. The van der Waals surface area contributed by atoms with Gasteiger partial charge in [-0.15, -0.1) is 0 Å². The van der Waals surface area contributed by atoms with Crippen LogP contribution in [0.3, 0.4) is 0 Å². The predicted molar refractivity (Wildman–Crippen MR) is 79.8 cm³/mol. The molecule has 0 saturated carbocycles. The molecule has 1 fully saturated rings. The molecule has 2 aliphatic heterocycles. The molecule has 1 aromatic rings. The molecule has 1 aromatic carbocycles. The van der Waals surface area contributed by atoms with Crippen molar-refractivity contribution in [3.8, 4) is 11.5 Å². The number of hydrogen-bond acceptors (Lipinski definition) is 4. The largest absolute Gasteiger partial charge is 0.486 e. The fourth-order valence-corrected chi connectivity index (χ4v) is 2.80. The normalized spacial score (nSPS) is 18.6. The van der Waals surface area contributed by atoms with Crippen molar-refractivity contribution in [2.24, 2.45) is 0 Å². The summed E-state index contributed by atoms with van der Waals surface area (Å²) < 4.78 is 11.1. The molecule has 3 rings (SSSR count). The molecule has 0 unspecified atom stereocenters. The zero-order valence-electron chi connectivity index (χ0n) is 12.5. The molecule has 2 aliphatic rings. The standard InChI is InChI=1S/C16H22N2O3/c1-2-17-5-7-18(8-6-17)16(19)12-13-3-4-14-15(11-13)21-10-9-20-14/h3-4,11H,2,5-10,12H2,1H3. The molecule has 1 saturated heterocycles. The number of hydrogen-bond donors (Lipinski definition) is 0. The third-order valence-electron chi connectivity index (χ3n) is 4.13. The molecule has 0 spiro atoms. The number of rotatable bonds is 3. The van der Waals surface area contributed by atoms with Gasteiger partial charge in [0.2, 0.25) is 5.91 Å². The van der Waals surface area contributed by atoms with Gasteiger partial charge in [0, 0.05) is 26.2 Å². The second-order valence-corrected chi connectivity index (χ2v) is 5.47. The van der Waals surface area contributed by atoms with Crippen molar-refractivity contribution in [2.45, 2.75) is 13.3 Å². The van der Waals surface area contributed by atoms with Crippen LogP contribution < -0.4 is 9.47 Å². The van der Waals surface area contributed by atoms with Crippen LogP contribution in [0, 0.1) is 0 Å². The molecule has 0 atom stereocenters. The van der Waals surface area contributed by atoms with Gasteiger partial charge in [0.05, 0.1) is 6.42 Å². The van der Waals surface area contributed by atoms with Gasteiger partial charge < -0.3 is 19.3 Å². The Hall–Kier alpha value is -1.75. The number of carbonyl (C=O) groups excluding carboxylic acids is 1. The van der Waals surface area contributed by atoms with Crippen molar-refractivity contribution in [2.75, 3.05) is 45.9 Å². The van der Waals surface area contributed by atoms with E-state index in [1.54, 1.807) is 0 Å². The van der Waals surface area contributed by atoms with Crippen LogP contribution in [-0.4, -0.2) is 61.6 Å². The summed E-state index contributed by atoms with van der Waals surface area (Å²) >= 11 is 0. The molecule has 5 heteroatoms. The maximum Gasteiger partial charge on any atom is 0.227 e. The summed E-state index contributed by atoms with van der Waals surface area (Å²) in [6.45, 7) is 7.99. The number of likely N-dealkylation sites (N-methyl/N-ethyl adjacent to an activating group) is 1. The van der Waals surface area contributed by atoms with Crippen molar-refractivity contribution in [3.63, 3.8) is 0 Å². The lowest BCUT2D eigenvalue weighted by Crippen LogP contribution is -2.48. The van der Waals surface area contributed by atoms with E-state index >= 15 is 0 Å². The Morgan fingerprint density at radius 3 is 2.52 bits per heavy atom. The van der Waals surface area contributed by atoms with Gasteiger partial charge in [0.1, 0.15) is 13.2 Å². The first-order valence-corrected chi connectivity index (χ1v) is 7.65.